The monoisotopic (exact) mass is 315 g/mol. The molecule has 1 heterocycles. The zero-order valence-corrected chi connectivity index (χ0v) is 13.6. The summed E-state index contributed by atoms with van der Waals surface area (Å²) in [6.07, 6.45) is 1.87. The molecular weight excluding hydrogens is 294 g/mol. The highest BCUT2D eigenvalue weighted by Crippen LogP contribution is 2.42. The van der Waals surface area contributed by atoms with Gasteiger partial charge in [-0.05, 0) is 62.8 Å². The van der Waals surface area contributed by atoms with Gasteiger partial charge in [0.15, 0.2) is 0 Å². The third kappa shape index (κ3) is 2.93. The van der Waals surface area contributed by atoms with E-state index in [1.807, 2.05) is 32.0 Å². The van der Waals surface area contributed by atoms with Crippen molar-refractivity contribution in [2.75, 3.05) is 11.9 Å². The molecule has 1 aromatic carbocycles. The van der Waals surface area contributed by atoms with Gasteiger partial charge in [-0.2, -0.15) is 0 Å². The Morgan fingerprint density at radius 1 is 1.26 bits per heavy atom. The van der Waals surface area contributed by atoms with Crippen molar-refractivity contribution in [3.05, 3.63) is 29.3 Å². The molecule has 1 aromatic rings. The molecule has 2 fully saturated rings. The minimum absolute atomic E-state index is 0.187. The summed E-state index contributed by atoms with van der Waals surface area (Å²) in [4.78, 5) is 37.7. The van der Waals surface area contributed by atoms with Gasteiger partial charge in [-0.1, -0.05) is 6.07 Å². The molecule has 4 amide bonds. The lowest BCUT2D eigenvalue weighted by Crippen LogP contribution is -2.46. The van der Waals surface area contributed by atoms with Gasteiger partial charge in [-0.3, -0.25) is 14.5 Å². The second-order valence-electron chi connectivity index (χ2n) is 6.72. The summed E-state index contributed by atoms with van der Waals surface area (Å²) >= 11 is 0. The molecule has 0 aromatic heterocycles. The molecule has 0 bridgehead atoms. The summed E-state index contributed by atoms with van der Waals surface area (Å²) in [6.45, 7) is 5.37. The lowest BCUT2D eigenvalue weighted by Gasteiger charge is -2.20. The molecule has 1 saturated heterocycles. The minimum atomic E-state index is -0.850. The fourth-order valence-corrected chi connectivity index (χ4v) is 3.19. The molecule has 1 aliphatic heterocycles. The minimum Gasteiger partial charge on any atom is -0.325 e. The van der Waals surface area contributed by atoms with Gasteiger partial charge in [0.1, 0.15) is 12.1 Å². The van der Waals surface area contributed by atoms with E-state index in [0.717, 1.165) is 28.9 Å². The van der Waals surface area contributed by atoms with Crippen molar-refractivity contribution in [2.24, 2.45) is 5.92 Å². The molecule has 6 heteroatoms. The number of amides is 4. The van der Waals surface area contributed by atoms with Crippen LogP contribution in [0.4, 0.5) is 10.5 Å². The summed E-state index contributed by atoms with van der Waals surface area (Å²) in [5.74, 6) is -0.495. The van der Waals surface area contributed by atoms with Crippen molar-refractivity contribution in [1.29, 1.82) is 0 Å². The van der Waals surface area contributed by atoms with Crippen LogP contribution in [-0.4, -0.2) is 34.8 Å². The second kappa shape index (κ2) is 5.37. The van der Waals surface area contributed by atoms with E-state index in [4.69, 9.17) is 0 Å². The van der Waals surface area contributed by atoms with E-state index in [9.17, 15) is 14.4 Å². The normalized spacial score (nSPS) is 23.9. The fraction of sp³-hybridized carbons (Fsp3) is 0.471. The number of aryl methyl sites for hydroxylation is 2. The van der Waals surface area contributed by atoms with E-state index < -0.39 is 11.6 Å². The Morgan fingerprint density at radius 3 is 2.43 bits per heavy atom. The molecule has 6 nitrogen and oxygen atoms in total. The van der Waals surface area contributed by atoms with Crippen molar-refractivity contribution < 1.29 is 14.4 Å². The molecule has 2 N–H and O–H groups in total. The topological polar surface area (TPSA) is 78.5 Å². The Morgan fingerprint density at radius 2 is 1.87 bits per heavy atom. The van der Waals surface area contributed by atoms with Gasteiger partial charge >= 0.3 is 6.03 Å². The van der Waals surface area contributed by atoms with E-state index in [1.54, 1.807) is 6.92 Å². The predicted octanol–water partition coefficient (Wildman–Crippen LogP) is 1.96. The second-order valence-corrected chi connectivity index (χ2v) is 6.72. The van der Waals surface area contributed by atoms with E-state index >= 15 is 0 Å². The molecule has 1 unspecified atom stereocenters. The van der Waals surface area contributed by atoms with Gasteiger partial charge in [0.2, 0.25) is 5.91 Å². The van der Waals surface area contributed by atoms with Gasteiger partial charge in [0.05, 0.1) is 0 Å². The first-order valence-corrected chi connectivity index (χ1v) is 7.82. The number of nitrogens with zero attached hydrogens (tertiary/aromatic N) is 1. The van der Waals surface area contributed by atoms with Crippen LogP contribution < -0.4 is 10.6 Å². The highest BCUT2D eigenvalue weighted by Gasteiger charge is 2.56. The van der Waals surface area contributed by atoms with Crippen LogP contribution in [0.1, 0.15) is 30.9 Å². The number of urea groups is 1. The lowest BCUT2D eigenvalue weighted by atomic mass is 9.96. The number of hydrogen-bond donors (Lipinski definition) is 2. The number of benzene rings is 1. The number of anilines is 1. The van der Waals surface area contributed by atoms with Crippen molar-refractivity contribution in [2.45, 2.75) is 39.2 Å². The average Bonchev–Trinajstić information content (AvgIpc) is 3.24. The molecule has 23 heavy (non-hydrogen) atoms. The Labute approximate surface area is 135 Å². The Bertz CT molecular complexity index is 676. The molecule has 1 saturated carbocycles. The fourth-order valence-electron chi connectivity index (χ4n) is 3.19. The maximum absolute atomic E-state index is 12.5. The Kier molecular flexibility index (Phi) is 3.62. The van der Waals surface area contributed by atoms with E-state index in [2.05, 4.69) is 10.6 Å². The van der Waals surface area contributed by atoms with Crippen molar-refractivity contribution in [3.63, 3.8) is 0 Å². The summed E-state index contributed by atoms with van der Waals surface area (Å²) in [7, 11) is 0. The van der Waals surface area contributed by atoms with E-state index in [-0.39, 0.29) is 24.3 Å². The Hall–Kier alpha value is -2.37. The van der Waals surface area contributed by atoms with E-state index in [1.165, 1.54) is 0 Å². The average molecular weight is 315 g/mol. The number of imide groups is 1. The smallest absolute Gasteiger partial charge is 0.325 e. The molecule has 3 rings (SSSR count). The SMILES string of the molecule is Cc1cc(C)cc(NC(=O)CN2C(=O)NC(C)(C3CC3)C2=O)c1. The van der Waals surface area contributed by atoms with Crippen LogP contribution in [0.25, 0.3) is 0 Å². The van der Waals surface area contributed by atoms with Gasteiger partial charge in [-0.25, -0.2) is 4.79 Å². The molecule has 122 valence electrons. The standard InChI is InChI=1S/C17H21N3O3/c1-10-6-11(2)8-13(7-10)18-14(21)9-20-15(22)17(3,12-4-5-12)19-16(20)23/h6-8,12H,4-5,9H2,1-3H3,(H,18,21)(H,19,23). The first-order valence-electron chi connectivity index (χ1n) is 7.82. The molecule has 2 aliphatic rings. The van der Waals surface area contributed by atoms with Crippen LogP contribution in [0.2, 0.25) is 0 Å². The number of carbonyl (C=O) groups is 3. The highest BCUT2D eigenvalue weighted by atomic mass is 16.2. The number of nitrogens with one attached hydrogen (secondary N) is 2. The third-order valence-corrected chi connectivity index (χ3v) is 4.50. The van der Waals surface area contributed by atoms with Crippen molar-refractivity contribution in [3.8, 4) is 0 Å². The first-order chi connectivity index (χ1) is 10.8. The molecule has 0 radical (unpaired) electrons. The third-order valence-electron chi connectivity index (χ3n) is 4.50. The largest absolute Gasteiger partial charge is 0.325 e. The number of carbonyl (C=O) groups excluding carboxylic acids is 3. The first kappa shape index (κ1) is 15.5. The molecule has 0 spiro atoms. The van der Waals surface area contributed by atoms with Crippen molar-refractivity contribution >= 4 is 23.5 Å². The molecule has 1 atom stereocenters. The summed E-state index contributed by atoms with van der Waals surface area (Å²) < 4.78 is 0. The Balaban J connectivity index is 1.68. The predicted molar refractivity (Wildman–Crippen MR) is 85.9 cm³/mol. The van der Waals surface area contributed by atoms with Crippen LogP contribution in [-0.2, 0) is 9.59 Å². The maximum atomic E-state index is 12.5. The summed E-state index contributed by atoms with van der Waals surface area (Å²) in [5, 5.41) is 5.49. The van der Waals surface area contributed by atoms with Crippen LogP contribution >= 0.6 is 0 Å². The van der Waals surface area contributed by atoms with E-state index in [0.29, 0.717) is 5.69 Å². The van der Waals surface area contributed by atoms with Crippen LogP contribution in [0.5, 0.6) is 0 Å². The highest BCUT2D eigenvalue weighted by molar-refractivity contribution is 6.10. The van der Waals surface area contributed by atoms with Crippen molar-refractivity contribution in [1.82, 2.24) is 10.2 Å². The zero-order valence-electron chi connectivity index (χ0n) is 13.6. The van der Waals surface area contributed by atoms with Gasteiger partial charge in [0.25, 0.3) is 5.91 Å². The van der Waals surface area contributed by atoms with Crippen LogP contribution in [0.15, 0.2) is 18.2 Å². The molecule has 1 aliphatic carbocycles. The van der Waals surface area contributed by atoms with Crippen LogP contribution in [0, 0.1) is 19.8 Å². The lowest BCUT2D eigenvalue weighted by molar-refractivity contribution is -0.134. The van der Waals surface area contributed by atoms with Crippen LogP contribution in [0.3, 0.4) is 0 Å². The zero-order chi connectivity index (χ0) is 16.8. The maximum Gasteiger partial charge on any atom is 0.325 e. The summed E-state index contributed by atoms with van der Waals surface area (Å²) in [5.41, 5.74) is 1.90. The molecular formula is C17H21N3O3. The summed E-state index contributed by atoms with van der Waals surface area (Å²) in [6, 6.07) is 5.23. The van der Waals surface area contributed by atoms with Gasteiger partial charge in [0, 0.05) is 5.69 Å². The number of hydrogen-bond acceptors (Lipinski definition) is 3. The van der Waals surface area contributed by atoms with Gasteiger partial charge < -0.3 is 10.6 Å². The van der Waals surface area contributed by atoms with Gasteiger partial charge in [-0.15, -0.1) is 0 Å². The quantitative estimate of drug-likeness (QED) is 0.834. The number of rotatable bonds is 4.